The molecule has 4 atom stereocenters. The molecular formula is C18H24O4. The molecule has 0 saturated carbocycles. The normalized spacial score (nSPS) is 35.0. The van der Waals surface area contributed by atoms with Crippen LogP contribution >= 0.6 is 0 Å². The van der Waals surface area contributed by atoms with E-state index in [2.05, 4.69) is 25.2 Å². The van der Waals surface area contributed by atoms with Gasteiger partial charge in [0.15, 0.2) is 0 Å². The van der Waals surface area contributed by atoms with Gasteiger partial charge in [-0.1, -0.05) is 23.8 Å². The Morgan fingerprint density at radius 2 is 2.18 bits per heavy atom. The minimum atomic E-state index is -0.566. The zero-order chi connectivity index (χ0) is 15.7. The second-order valence-corrected chi connectivity index (χ2v) is 6.64. The molecule has 2 aliphatic carbocycles. The predicted octanol–water partition coefficient (Wildman–Crippen LogP) is 2.42. The van der Waals surface area contributed by atoms with Gasteiger partial charge in [-0.2, -0.15) is 0 Å². The third-order valence-electron chi connectivity index (χ3n) is 4.89. The maximum Gasteiger partial charge on any atom is 0.308 e. The van der Waals surface area contributed by atoms with E-state index in [1.54, 1.807) is 0 Å². The minimum Gasteiger partial charge on any atom is -0.462 e. The summed E-state index contributed by atoms with van der Waals surface area (Å²) in [7, 11) is 0. The Bertz CT molecular complexity index is 543. The van der Waals surface area contributed by atoms with Crippen LogP contribution in [0.25, 0.3) is 0 Å². The van der Waals surface area contributed by atoms with E-state index in [9.17, 15) is 15.0 Å². The number of esters is 1. The standard InChI is InChI=1S/C18H24O4/c1-11-7-16-13(3-2-4-17(16)20)8-12(11)5-6-15-9-14(19)10-18(21)22-15/h3,7-8,14-17,19-20H,2,4-6,9-10H2,1H3. The summed E-state index contributed by atoms with van der Waals surface area (Å²) in [5, 5.41) is 19.8. The van der Waals surface area contributed by atoms with Crippen molar-refractivity contribution < 1.29 is 19.7 Å². The number of aliphatic hydroxyl groups excluding tert-OH is 2. The summed E-state index contributed by atoms with van der Waals surface area (Å²) in [4.78, 5) is 11.4. The van der Waals surface area contributed by atoms with Crippen molar-refractivity contribution >= 4 is 5.97 Å². The summed E-state index contributed by atoms with van der Waals surface area (Å²) in [5.74, 6) is -0.168. The van der Waals surface area contributed by atoms with E-state index in [1.807, 2.05) is 0 Å². The van der Waals surface area contributed by atoms with Crippen molar-refractivity contribution in [2.24, 2.45) is 5.92 Å². The van der Waals surface area contributed by atoms with Crippen LogP contribution in [-0.4, -0.2) is 34.5 Å². The lowest BCUT2D eigenvalue weighted by Crippen LogP contribution is -2.32. The maximum atomic E-state index is 11.4. The molecule has 4 heteroatoms. The first-order valence-electron chi connectivity index (χ1n) is 8.18. The van der Waals surface area contributed by atoms with E-state index >= 15 is 0 Å². The molecule has 1 saturated heterocycles. The second-order valence-electron chi connectivity index (χ2n) is 6.64. The van der Waals surface area contributed by atoms with Crippen molar-refractivity contribution in [3.63, 3.8) is 0 Å². The number of cyclic esters (lactones) is 1. The van der Waals surface area contributed by atoms with E-state index in [0.29, 0.717) is 6.42 Å². The number of rotatable bonds is 3. The molecule has 1 fully saturated rings. The first kappa shape index (κ1) is 15.5. The van der Waals surface area contributed by atoms with Gasteiger partial charge in [-0.15, -0.1) is 0 Å². The number of hydrogen-bond acceptors (Lipinski definition) is 4. The Morgan fingerprint density at radius 1 is 1.36 bits per heavy atom. The zero-order valence-electron chi connectivity index (χ0n) is 13.0. The summed E-state index contributed by atoms with van der Waals surface area (Å²) < 4.78 is 5.31. The number of carbonyl (C=O) groups is 1. The van der Waals surface area contributed by atoms with Crippen molar-refractivity contribution in [1.82, 2.24) is 0 Å². The van der Waals surface area contributed by atoms with Gasteiger partial charge in [0.2, 0.25) is 0 Å². The molecule has 0 amide bonds. The fourth-order valence-corrected chi connectivity index (χ4v) is 3.64. The number of fused-ring (bicyclic) bond motifs is 1. The van der Waals surface area contributed by atoms with Crippen LogP contribution in [-0.2, 0) is 9.53 Å². The molecule has 0 spiro atoms. The average Bonchev–Trinajstić information content (AvgIpc) is 2.45. The topological polar surface area (TPSA) is 66.8 Å². The second kappa shape index (κ2) is 6.39. The van der Waals surface area contributed by atoms with E-state index in [0.717, 1.165) is 25.7 Å². The maximum absolute atomic E-state index is 11.4. The van der Waals surface area contributed by atoms with Gasteiger partial charge in [-0.3, -0.25) is 4.79 Å². The Morgan fingerprint density at radius 3 is 2.95 bits per heavy atom. The fourth-order valence-electron chi connectivity index (χ4n) is 3.64. The van der Waals surface area contributed by atoms with E-state index in [-0.39, 0.29) is 30.5 Å². The molecule has 1 heterocycles. The van der Waals surface area contributed by atoms with Gasteiger partial charge in [0.05, 0.1) is 18.6 Å². The number of aliphatic hydroxyl groups is 2. The van der Waals surface area contributed by atoms with Crippen molar-refractivity contribution in [2.45, 2.75) is 63.8 Å². The van der Waals surface area contributed by atoms with Gasteiger partial charge in [0, 0.05) is 12.3 Å². The van der Waals surface area contributed by atoms with Gasteiger partial charge >= 0.3 is 5.97 Å². The van der Waals surface area contributed by atoms with E-state index in [1.165, 1.54) is 16.7 Å². The lowest BCUT2D eigenvalue weighted by molar-refractivity contribution is -0.160. The third-order valence-corrected chi connectivity index (χ3v) is 4.89. The molecule has 4 nitrogen and oxygen atoms in total. The Kier molecular flexibility index (Phi) is 4.50. The smallest absolute Gasteiger partial charge is 0.308 e. The minimum absolute atomic E-state index is 0.116. The zero-order valence-corrected chi connectivity index (χ0v) is 13.0. The molecule has 0 aromatic heterocycles. The quantitative estimate of drug-likeness (QED) is 0.786. The van der Waals surface area contributed by atoms with Gasteiger partial charge in [-0.25, -0.2) is 0 Å². The SMILES string of the molecule is CC1=CC2C(=CCCC2O)C=C1CCC1CC(O)CC(=O)O1. The van der Waals surface area contributed by atoms with E-state index in [4.69, 9.17) is 4.74 Å². The number of allylic oxidation sites excluding steroid dienone is 4. The molecule has 0 aromatic carbocycles. The van der Waals surface area contributed by atoms with Gasteiger partial charge in [-0.05, 0) is 43.8 Å². The molecule has 4 unspecified atom stereocenters. The van der Waals surface area contributed by atoms with Crippen molar-refractivity contribution in [3.8, 4) is 0 Å². The van der Waals surface area contributed by atoms with Crippen LogP contribution in [0.4, 0.5) is 0 Å². The number of hydrogen-bond donors (Lipinski definition) is 2. The summed E-state index contributed by atoms with van der Waals surface area (Å²) in [6, 6.07) is 0. The lowest BCUT2D eigenvalue weighted by atomic mass is 9.78. The summed E-state index contributed by atoms with van der Waals surface area (Å²) >= 11 is 0. The molecule has 0 radical (unpaired) electrons. The summed E-state index contributed by atoms with van der Waals surface area (Å²) in [6.07, 6.45) is 9.50. The van der Waals surface area contributed by atoms with Crippen molar-refractivity contribution in [1.29, 1.82) is 0 Å². The van der Waals surface area contributed by atoms with Crippen LogP contribution < -0.4 is 0 Å². The summed E-state index contributed by atoms with van der Waals surface area (Å²) in [5.41, 5.74) is 3.65. The highest BCUT2D eigenvalue weighted by Gasteiger charge is 2.29. The third kappa shape index (κ3) is 3.33. The van der Waals surface area contributed by atoms with Crippen molar-refractivity contribution in [3.05, 3.63) is 34.9 Å². The first-order chi connectivity index (χ1) is 10.5. The largest absolute Gasteiger partial charge is 0.462 e. The van der Waals surface area contributed by atoms with Gasteiger partial charge in [0.25, 0.3) is 0 Å². The molecule has 3 rings (SSSR count). The van der Waals surface area contributed by atoms with Crippen LogP contribution in [0.2, 0.25) is 0 Å². The van der Waals surface area contributed by atoms with Gasteiger partial charge in [0.1, 0.15) is 6.10 Å². The highest BCUT2D eigenvalue weighted by atomic mass is 16.5. The highest BCUT2D eigenvalue weighted by molar-refractivity contribution is 5.70. The number of ether oxygens (including phenoxy) is 1. The van der Waals surface area contributed by atoms with Gasteiger partial charge < -0.3 is 14.9 Å². The first-order valence-corrected chi connectivity index (χ1v) is 8.18. The lowest BCUT2D eigenvalue weighted by Gasteiger charge is -2.31. The molecule has 1 aliphatic heterocycles. The van der Waals surface area contributed by atoms with Crippen LogP contribution in [0.3, 0.4) is 0 Å². The summed E-state index contributed by atoms with van der Waals surface area (Å²) in [6.45, 7) is 2.08. The van der Waals surface area contributed by atoms with Crippen LogP contribution in [0.15, 0.2) is 34.9 Å². The number of carbonyl (C=O) groups excluding carboxylic acids is 1. The fraction of sp³-hybridized carbons (Fsp3) is 0.611. The monoisotopic (exact) mass is 304 g/mol. The molecule has 120 valence electrons. The molecular weight excluding hydrogens is 280 g/mol. The Labute approximate surface area is 131 Å². The predicted molar refractivity (Wildman–Crippen MR) is 83.0 cm³/mol. The van der Waals surface area contributed by atoms with Crippen LogP contribution in [0.1, 0.15) is 45.4 Å². The Balaban J connectivity index is 1.64. The van der Waals surface area contributed by atoms with Crippen LogP contribution in [0.5, 0.6) is 0 Å². The molecule has 2 N–H and O–H groups in total. The molecule has 0 aromatic rings. The molecule has 0 bridgehead atoms. The molecule has 22 heavy (non-hydrogen) atoms. The highest BCUT2D eigenvalue weighted by Crippen LogP contribution is 2.36. The van der Waals surface area contributed by atoms with E-state index < -0.39 is 6.10 Å². The molecule has 3 aliphatic rings. The average molecular weight is 304 g/mol. The van der Waals surface area contributed by atoms with Crippen molar-refractivity contribution in [2.75, 3.05) is 0 Å². The Hall–Kier alpha value is -1.39. The van der Waals surface area contributed by atoms with Crippen LogP contribution in [0, 0.1) is 5.92 Å².